The first-order chi connectivity index (χ1) is 8.17. The summed E-state index contributed by atoms with van der Waals surface area (Å²) in [5, 5.41) is 2.82. The molecule has 1 aromatic rings. The highest BCUT2D eigenvalue weighted by molar-refractivity contribution is 6.17. The lowest BCUT2D eigenvalue weighted by Gasteiger charge is -2.12. The second-order valence-electron chi connectivity index (χ2n) is 3.81. The summed E-state index contributed by atoms with van der Waals surface area (Å²) >= 11 is 5.68. The molecule has 3 nitrogen and oxygen atoms in total. The van der Waals surface area contributed by atoms with Crippen LogP contribution in [0, 0.1) is 0 Å². The van der Waals surface area contributed by atoms with Crippen LogP contribution in [0.3, 0.4) is 0 Å². The quantitative estimate of drug-likeness (QED) is 0.794. The summed E-state index contributed by atoms with van der Waals surface area (Å²) in [7, 11) is 0. The second-order valence-corrected chi connectivity index (χ2v) is 4.07. The van der Waals surface area contributed by atoms with Gasteiger partial charge in [0, 0.05) is 24.6 Å². The molecular weight excluding hydrogens is 238 g/mol. The summed E-state index contributed by atoms with van der Waals surface area (Å²) in [6.45, 7) is 5.04. The predicted octanol–water partition coefficient (Wildman–Crippen LogP) is 2.58. The SMILES string of the molecule is CCOC(C)CNC(=O)c1ccc(CCl)cc1. The van der Waals surface area contributed by atoms with Gasteiger partial charge in [-0.15, -0.1) is 11.6 Å². The van der Waals surface area contributed by atoms with Crippen molar-refractivity contribution >= 4 is 17.5 Å². The minimum atomic E-state index is -0.0855. The van der Waals surface area contributed by atoms with Gasteiger partial charge in [0.2, 0.25) is 0 Å². The third kappa shape index (κ3) is 4.75. The Morgan fingerprint density at radius 1 is 1.41 bits per heavy atom. The molecule has 1 amide bonds. The maximum atomic E-state index is 11.8. The number of amides is 1. The molecule has 1 aromatic carbocycles. The first-order valence-corrected chi connectivity index (χ1v) is 6.25. The van der Waals surface area contributed by atoms with Crippen LogP contribution in [0.15, 0.2) is 24.3 Å². The highest BCUT2D eigenvalue weighted by Gasteiger charge is 2.07. The molecule has 0 radical (unpaired) electrons. The zero-order valence-electron chi connectivity index (χ0n) is 10.2. The monoisotopic (exact) mass is 255 g/mol. The minimum Gasteiger partial charge on any atom is -0.377 e. The number of benzene rings is 1. The lowest BCUT2D eigenvalue weighted by Crippen LogP contribution is -2.32. The number of carbonyl (C=O) groups excluding carboxylic acids is 1. The maximum Gasteiger partial charge on any atom is 0.251 e. The number of halogens is 1. The van der Waals surface area contributed by atoms with Gasteiger partial charge in [0.1, 0.15) is 0 Å². The summed E-state index contributed by atoms with van der Waals surface area (Å²) in [4.78, 5) is 11.8. The highest BCUT2D eigenvalue weighted by atomic mass is 35.5. The van der Waals surface area contributed by atoms with E-state index < -0.39 is 0 Å². The summed E-state index contributed by atoms with van der Waals surface area (Å²) in [6, 6.07) is 7.26. The smallest absolute Gasteiger partial charge is 0.251 e. The van der Waals surface area contributed by atoms with Crippen molar-refractivity contribution < 1.29 is 9.53 Å². The van der Waals surface area contributed by atoms with Crippen molar-refractivity contribution in [3.8, 4) is 0 Å². The first kappa shape index (κ1) is 14.0. The van der Waals surface area contributed by atoms with Gasteiger partial charge in [-0.3, -0.25) is 4.79 Å². The van der Waals surface area contributed by atoms with E-state index in [2.05, 4.69) is 5.32 Å². The van der Waals surface area contributed by atoms with Crippen molar-refractivity contribution in [2.45, 2.75) is 25.8 Å². The van der Waals surface area contributed by atoms with Gasteiger partial charge in [-0.2, -0.15) is 0 Å². The molecule has 1 unspecified atom stereocenters. The van der Waals surface area contributed by atoms with E-state index >= 15 is 0 Å². The summed E-state index contributed by atoms with van der Waals surface area (Å²) < 4.78 is 5.33. The zero-order valence-corrected chi connectivity index (χ0v) is 11.0. The first-order valence-electron chi connectivity index (χ1n) is 5.72. The molecule has 1 atom stereocenters. The van der Waals surface area contributed by atoms with Gasteiger partial charge in [-0.1, -0.05) is 12.1 Å². The van der Waals surface area contributed by atoms with Crippen LogP contribution < -0.4 is 5.32 Å². The fourth-order valence-corrected chi connectivity index (χ4v) is 1.61. The molecule has 4 heteroatoms. The van der Waals surface area contributed by atoms with Crippen molar-refractivity contribution in [1.82, 2.24) is 5.32 Å². The van der Waals surface area contributed by atoms with Gasteiger partial charge in [0.15, 0.2) is 0 Å². The van der Waals surface area contributed by atoms with Crippen molar-refractivity contribution in [2.75, 3.05) is 13.2 Å². The molecule has 0 aromatic heterocycles. The molecule has 0 heterocycles. The largest absolute Gasteiger partial charge is 0.377 e. The van der Waals surface area contributed by atoms with E-state index in [0.717, 1.165) is 5.56 Å². The van der Waals surface area contributed by atoms with Gasteiger partial charge < -0.3 is 10.1 Å². The second kappa shape index (κ2) is 7.30. The topological polar surface area (TPSA) is 38.3 Å². The maximum absolute atomic E-state index is 11.8. The third-order valence-electron chi connectivity index (χ3n) is 2.37. The Kier molecular flexibility index (Phi) is 6.01. The van der Waals surface area contributed by atoms with E-state index in [9.17, 15) is 4.79 Å². The van der Waals surface area contributed by atoms with Crippen LogP contribution in [0.1, 0.15) is 29.8 Å². The van der Waals surface area contributed by atoms with Crippen LogP contribution >= 0.6 is 11.6 Å². The average Bonchev–Trinajstić information content (AvgIpc) is 2.36. The van der Waals surface area contributed by atoms with E-state index in [1.807, 2.05) is 26.0 Å². The van der Waals surface area contributed by atoms with Crippen LogP contribution in [0.4, 0.5) is 0 Å². The Morgan fingerprint density at radius 3 is 2.59 bits per heavy atom. The zero-order chi connectivity index (χ0) is 12.7. The van der Waals surface area contributed by atoms with E-state index in [-0.39, 0.29) is 12.0 Å². The summed E-state index contributed by atoms with van der Waals surface area (Å²) in [5.74, 6) is 0.376. The van der Waals surface area contributed by atoms with E-state index in [0.29, 0.717) is 24.6 Å². The molecule has 1 N–H and O–H groups in total. The third-order valence-corrected chi connectivity index (χ3v) is 2.68. The normalized spacial score (nSPS) is 12.2. The fourth-order valence-electron chi connectivity index (χ4n) is 1.43. The molecule has 0 spiro atoms. The van der Waals surface area contributed by atoms with Gasteiger partial charge in [0.25, 0.3) is 5.91 Å². The molecular formula is C13H18ClNO2. The molecule has 0 aliphatic heterocycles. The number of rotatable bonds is 6. The highest BCUT2D eigenvalue weighted by Crippen LogP contribution is 2.06. The van der Waals surface area contributed by atoms with Gasteiger partial charge in [-0.05, 0) is 31.5 Å². The minimum absolute atomic E-state index is 0.0334. The molecule has 17 heavy (non-hydrogen) atoms. The average molecular weight is 256 g/mol. The number of carbonyl (C=O) groups is 1. The van der Waals surface area contributed by atoms with Crippen LogP contribution in [-0.2, 0) is 10.6 Å². The van der Waals surface area contributed by atoms with Crippen LogP contribution in [0.25, 0.3) is 0 Å². The van der Waals surface area contributed by atoms with Crippen molar-refractivity contribution in [3.05, 3.63) is 35.4 Å². The van der Waals surface area contributed by atoms with Gasteiger partial charge in [-0.25, -0.2) is 0 Å². The standard InChI is InChI=1S/C13H18ClNO2/c1-3-17-10(2)9-15-13(16)12-6-4-11(8-14)5-7-12/h4-7,10H,3,8-9H2,1-2H3,(H,15,16). The van der Waals surface area contributed by atoms with E-state index in [4.69, 9.17) is 16.3 Å². The lowest BCUT2D eigenvalue weighted by atomic mass is 10.1. The van der Waals surface area contributed by atoms with Crippen molar-refractivity contribution in [2.24, 2.45) is 0 Å². The molecule has 0 saturated carbocycles. The van der Waals surface area contributed by atoms with Crippen LogP contribution in [0.2, 0.25) is 0 Å². The number of ether oxygens (including phenoxy) is 1. The fraction of sp³-hybridized carbons (Fsp3) is 0.462. The van der Waals surface area contributed by atoms with Crippen molar-refractivity contribution in [3.63, 3.8) is 0 Å². The van der Waals surface area contributed by atoms with Gasteiger partial charge in [0.05, 0.1) is 6.10 Å². The van der Waals surface area contributed by atoms with Crippen molar-refractivity contribution in [1.29, 1.82) is 0 Å². The predicted molar refractivity (Wildman–Crippen MR) is 69.4 cm³/mol. The van der Waals surface area contributed by atoms with E-state index in [1.54, 1.807) is 12.1 Å². The Bertz CT molecular complexity index is 351. The Morgan fingerprint density at radius 2 is 2.06 bits per heavy atom. The number of hydrogen-bond acceptors (Lipinski definition) is 2. The van der Waals surface area contributed by atoms with Crippen LogP contribution in [-0.4, -0.2) is 25.2 Å². The molecule has 0 aliphatic carbocycles. The number of hydrogen-bond donors (Lipinski definition) is 1. The molecule has 0 fully saturated rings. The number of nitrogens with one attached hydrogen (secondary N) is 1. The lowest BCUT2D eigenvalue weighted by molar-refractivity contribution is 0.0695. The molecule has 0 saturated heterocycles. The van der Waals surface area contributed by atoms with Gasteiger partial charge >= 0.3 is 0 Å². The summed E-state index contributed by atoms with van der Waals surface area (Å²) in [5.41, 5.74) is 1.65. The molecule has 94 valence electrons. The molecule has 0 bridgehead atoms. The number of alkyl halides is 1. The van der Waals surface area contributed by atoms with E-state index in [1.165, 1.54) is 0 Å². The Balaban J connectivity index is 2.46. The molecule has 1 rings (SSSR count). The van der Waals surface area contributed by atoms with Crippen LogP contribution in [0.5, 0.6) is 0 Å². The summed E-state index contributed by atoms with van der Waals surface area (Å²) in [6.07, 6.45) is 0.0334. The Labute approximate surface area is 107 Å². The molecule has 0 aliphatic rings. The Hall–Kier alpha value is -1.06.